The molecule has 0 atom stereocenters. The van der Waals surface area contributed by atoms with Crippen LogP contribution in [0.4, 0.5) is 0 Å². The summed E-state index contributed by atoms with van der Waals surface area (Å²) >= 11 is 0. The fourth-order valence-electron chi connectivity index (χ4n) is 2.11. The van der Waals surface area contributed by atoms with Crippen molar-refractivity contribution in [1.82, 2.24) is 15.3 Å². The first-order valence-corrected chi connectivity index (χ1v) is 7.41. The van der Waals surface area contributed by atoms with Crippen molar-refractivity contribution in [3.63, 3.8) is 0 Å². The van der Waals surface area contributed by atoms with Crippen molar-refractivity contribution < 1.29 is 4.79 Å². The predicted octanol–water partition coefficient (Wildman–Crippen LogP) is 2.98. The van der Waals surface area contributed by atoms with Gasteiger partial charge in [-0.25, -0.2) is 9.97 Å². The molecule has 22 heavy (non-hydrogen) atoms. The molecule has 0 radical (unpaired) electrons. The highest BCUT2D eigenvalue weighted by molar-refractivity contribution is 5.88. The molecule has 1 aromatic heterocycles. The summed E-state index contributed by atoms with van der Waals surface area (Å²) in [5, 5.41) is 2.85. The molecule has 114 valence electrons. The van der Waals surface area contributed by atoms with Crippen molar-refractivity contribution in [2.45, 2.75) is 33.2 Å². The molecule has 0 aliphatic rings. The highest BCUT2D eigenvalue weighted by Crippen LogP contribution is 2.08. The SMILES string of the molecule is C/C(=C/C(=O)NCc1ccnc(C)n1)CCc1ccccc1. The Morgan fingerprint density at radius 3 is 2.73 bits per heavy atom. The van der Waals surface area contributed by atoms with Crippen LogP contribution in [0.25, 0.3) is 0 Å². The molecule has 2 rings (SSSR count). The summed E-state index contributed by atoms with van der Waals surface area (Å²) in [6.07, 6.45) is 5.19. The number of allylic oxidation sites excluding steroid dienone is 1. The third-order valence-electron chi connectivity index (χ3n) is 3.31. The number of hydrogen-bond acceptors (Lipinski definition) is 3. The summed E-state index contributed by atoms with van der Waals surface area (Å²) in [7, 11) is 0. The van der Waals surface area contributed by atoms with Crippen molar-refractivity contribution in [2.24, 2.45) is 0 Å². The van der Waals surface area contributed by atoms with Gasteiger partial charge in [-0.1, -0.05) is 35.9 Å². The molecule has 0 unspecified atom stereocenters. The Bertz CT molecular complexity index is 650. The molecule has 0 aliphatic heterocycles. The predicted molar refractivity (Wildman–Crippen MR) is 87.1 cm³/mol. The van der Waals surface area contributed by atoms with Crippen LogP contribution in [0.5, 0.6) is 0 Å². The van der Waals surface area contributed by atoms with Gasteiger partial charge in [0.2, 0.25) is 5.91 Å². The average molecular weight is 295 g/mol. The summed E-state index contributed by atoms with van der Waals surface area (Å²) in [4.78, 5) is 20.2. The van der Waals surface area contributed by atoms with E-state index in [0.717, 1.165) is 24.1 Å². The van der Waals surface area contributed by atoms with Crippen LogP contribution in [0.1, 0.15) is 30.4 Å². The molecule has 0 spiro atoms. The second-order valence-corrected chi connectivity index (χ2v) is 5.29. The molecule has 0 fully saturated rings. The van der Waals surface area contributed by atoms with Gasteiger partial charge < -0.3 is 5.32 Å². The van der Waals surface area contributed by atoms with Crippen LogP contribution in [-0.4, -0.2) is 15.9 Å². The van der Waals surface area contributed by atoms with Gasteiger partial charge in [0.15, 0.2) is 0 Å². The lowest BCUT2D eigenvalue weighted by Gasteiger charge is -2.04. The van der Waals surface area contributed by atoms with Gasteiger partial charge in [0, 0.05) is 12.3 Å². The number of aryl methyl sites for hydroxylation is 2. The van der Waals surface area contributed by atoms with E-state index in [1.165, 1.54) is 5.56 Å². The number of aromatic nitrogens is 2. The van der Waals surface area contributed by atoms with Gasteiger partial charge >= 0.3 is 0 Å². The molecule has 1 aromatic carbocycles. The third kappa shape index (κ3) is 5.48. The van der Waals surface area contributed by atoms with Gasteiger partial charge in [0.25, 0.3) is 0 Å². The molecule has 0 saturated heterocycles. The second-order valence-electron chi connectivity index (χ2n) is 5.29. The summed E-state index contributed by atoms with van der Waals surface area (Å²) in [5.41, 5.74) is 3.17. The number of carbonyl (C=O) groups excluding carboxylic acids is 1. The Balaban J connectivity index is 1.79. The number of rotatable bonds is 6. The van der Waals surface area contributed by atoms with E-state index in [-0.39, 0.29) is 5.91 Å². The molecule has 4 nitrogen and oxygen atoms in total. The molecular formula is C18H21N3O. The van der Waals surface area contributed by atoms with Crippen LogP contribution >= 0.6 is 0 Å². The molecule has 0 saturated carbocycles. The van der Waals surface area contributed by atoms with Gasteiger partial charge in [-0.2, -0.15) is 0 Å². The largest absolute Gasteiger partial charge is 0.347 e. The fraction of sp³-hybridized carbons (Fsp3) is 0.278. The summed E-state index contributed by atoms with van der Waals surface area (Å²) in [6, 6.07) is 12.1. The Morgan fingerprint density at radius 2 is 2.00 bits per heavy atom. The number of amides is 1. The monoisotopic (exact) mass is 295 g/mol. The molecule has 1 N–H and O–H groups in total. The first-order chi connectivity index (χ1) is 10.6. The Morgan fingerprint density at radius 1 is 1.23 bits per heavy atom. The Hall–Kier alpha value is -2.49. The minimum Gasteiger partial charge on any atom is -0.347 e. The van der Waals surface area contributed by atoms with Crippen LogP contribution < -0.4 is 5.32 Å². The number of hydrogen-bond donors (Lipinski definition) is 1. The standard InChI is InChI=1S/C18H21N3O/c1-14(8-9-16-6-4-3-5-7-16)12-18(22)20-13-17-10-11-19-15(2)21-17/h3-7,10-12H,8-9,13H2,1-2H3,(H,20,22)/b14-12-. The van der Waals surface area contributed by atoms with Crippen LogP contribution in [0.15, 0.2) is 54.2 Å². The summed E-state index contributed by atoms with van der Waals surface area (Å²) in [6.45, 7) is 4.24. The number of nitrogens with zero attached hydrogens (tertiary/aromatic N) is 2. The van der Waals surface area contributed by atoms with Crippen LogP contribution in [0.2, 0.25) is 0 Å². The zero-order valence-electron chi connectivity index (χ0n) is 13.0. The van der Waals surface area contributed by atoms with E-state index in [2.05, 4.69) is 27.4 Å². The number of nitrogens with one attached hydrogen (secondary N) is 1. The van der Waals surface area contributed by atoms with E-state index < -0.39 is 0 Å². The van der Waals surface area contributed by atoms with Gasteiger partial charge in [-0.3, -0.25) is 4.79 Å². The average Bonchev–Trinajstić information content (AvgIpc) is 2.52. The Kier molecular flexibility index (Phi) is 5.83. The van der Waals surface area contributed by atoms with Crippen molar-refractivity contribution in [3.8, 4) is 0 Å². The van der Waals surface area contributed by atoms with Gasteiger partial charge in [0.05, 0.1) is 12.2 Å². The van der Waals surface area contributed by atoms with E-state index in [9.17, 15) is 4.79 Å². The normalized spacial score (nSPS) is 11.3. The van der Waals surface area contributed by atoms with E-state index in [0.29, 0.717) is 12.4 Å². The lowest BCUT2D eigenvalue weighted by Crippen LogP contribution is -2.21. The molecule has 4 heteroatoms. The molecular weight excluding hydrogens is 274 g/mol. The fourth-order valence-corrected chi connectivity index (χ4v) is 2.11. The van der Waals surface area contributed by atoms with E-state index in [1.807, 2.05) is 32.0 Å². The highest BCUT2D eigenvalue weighted by atomic mass is 16.1. The van der Waals surface area contributed by atoms with Gasteiger partial charge in [-0.05, 0) is 38.3 Å². The maximum atomic E-state index is 11.9. The van der Waals surface area contributed by atoms with Crippen LogP contribution in [0.3, 0.4) is 0 Å². The molecule has 2 aromatic rings. The van der Waals surface area contributed by atoms with E-state index >= 15 is 0 Å². The Labute approximate surface area is 131 Å². The minimum absolute atomic E-state index is 0.0816. The number of carbonyl (C=O) groups is 1. The van der Waals surface area contributed by atoms with Crippen molar-refractivity contribution in [3.05, 3.63) is 71.3 Å². The maximum absolute atomic E-state index is 11.9. The third-order valence-corrected chi connectivity index (χ3v) is 3.31. The topological polar surface area (TPSA) is 54.9 Å². The minimum atomic E-state index is -0.0816. The lowest BCUT2D eigenvalue weighted by molar-refractivity contribution is -0.116. The van der Waals surface area contributed by atoms with E-state index in [4.69, 9.17) is 0 Å². The van der Waals surface area contributed by atoms with Crippen molar-refractivity contribution in [1.29, 1.82) is 0 Å². The molecule has 0 aliphatic carbocycles. The highest BCUT2D eigenvalue weighted by Gasteiger charge is 2.01. The zero-order valence-corrected chi connectivity index (χ0v) is 13.0. The zero-order chi connectivity index (χ0) is 15.8. The van der Waals surface area contributed by atoms with Crippen molar-refractivity contribution in [2.75, 3.05) is 0 Å². The van der Waals surface area contributed by atoms with Crippen LogP contribution in [0, 0.1) is 6.92 Å². The van der Waals surface area contributed by atoms with Gasteiger partial charge in [-0.15, -0.1) is 0 Å². The first-order valence-electron chi connectivity index (χ1n) is 7.41. The summed E-state index contributed by atoms with van der Waals surface area (Å²) in [5.74, 6) is 0.628. The summed E-state index contributed by atoms with van der Waals surface area (Å²) < 4.78 is 0. The molecule has 1 amide bonds. The maximum Gasteiger partial charge on any atom is 0.244 e. The quantitative estimate of drug-likeness (QED) is 0.834. The smallest absolute Gasteiger partial charge is 0.244 e. The lowest BCUT2D eigenvalue weighted by atomic mass is 10.1. The molecule has 0 bridgehead atoms. The van der Waals surface area contributed by atoms with Crippen molar-refractivity contribution >= 4 is 5.91 Å². The first kappa shape index (κ1) is 15.9. The van der Waals surface area contributed by atoms with Gasteiger partial charge in [0.1, 0.15) is 5.82 Å². The second kappa shape index (κ2) is 8.08. The van der Waals surface area contributed by atoms with Crippen LogP contribution in [-0.2, 0) is 17.8 Å². The number of benzene rings is 1. The van der Waals surface area contributed by atoms with E-state index in [1.54, 1.807) is 18.3 Å². The molecule has 1 heterocycles.